The van der Waals surface area contributed by atoms with E-state index in [-0.39, 0.29) is 12.1 Å². The van der Waals surface area contributed by atoms with Crippen LogP contribution in [0.25, 0.3) is 0 Å². The average molecular weight is 367 g/mol. The molecule has 0 bridgehead atoms. The molecule has 2 atom stereocenters. The van der Waals surface area contributed by atoms with Crippen LogP contribution in [0.3, 0.4) is 0 Å². The van der Waals surface area contributed by atoms with Crippen LogP contribution in [0.1, 0.15) is 29.8 Å². The molecular weight excluding hydrogens is 344 g/mol. The Morgan fingerprint density at radius 1 is 1.19 bits per heavy atom. The standard InChI is InChI=1S/C17H23BrN2S/c1-3-14(19)17(15-9-10-16(18)21-15)20(2)12-11-13-7-5-4-6-8-13/h4-10,14,17H,3,11-12,19H2,1-2H3. The van der Waals surface area contributed by atoms with Gasteiger partial charge in [0.1, 0.15) is 0 Å². The third kappa shape index (κ3) is 4.65. The highest BCUT2D eigenvalue weighted by molar-refractivity contribution is 9.11. The molecule has 0 saturated heterocycles. The lowest BCUT2D eigenvalue weighted by atomic mass is 10.0. The van der Waals surface area contributed by atoms with Crippen LogP contribution in [0.4, 0.5) is 0 Å². The van der Waals surface area contributed by atoms with E-state index in [1.807, 2.05) is 0 Å². The van der Waals surface area contributed by atoms with E-state index in [2.05, 4.69) is 77.3 Å². The summed E-state index contributed by atoms with van der Waals surface area (Å²) in [6, 6.07) is 15.4. The number of benzene rings is 1. The summed E-state index contributed by atoms with van der Waals surface area (Å²) in [5, 5.41) is 0. The third-order valence-corrected chi connectivity index (χ3v) is 5.53. The molecule has 0 saturated carbocycles. The molecule has 114 valence electrons. The van der Waals surface area contributed by atoms with Crippen molar-refractivity contribution in [1.82, 2.24) is 4.90 Å². The van der Waals surface area contributed by atoms with Crippen molar-refractivity contribution in [2.45, 2.75) is 31.8 Å². The summed E-state index contributed by atoms with van der Waals surface area (Å²) in [6.45, 7) is 3.17. The van der Waals surface area contributed by atoms with Crippen LogP contribution < -0.4 is 5.73 Å². The maximum Gasteiger partial charge on any atom is 0.0702 e. The summed E-state index contributed by atoms with van der Waals surface area (Å²) in [7, 11) is 2.18. The summed E-state index contributed by atoms with van der Waals surface area (Å²) in [6.07, 6.45) is 2.03. The Balaban J connectivity index is 2.06. The predicted octanol–water partition coefficient (Wildman–Crippen LogP) is 4.46. The fourth-order valence-electron chi connectivity index (χ4n) is 2.55. The van der Waals surface area contributed by atoms with Crippen molar-refractivity contribution in [2.24, 2.45) is 5.73 Å². The molecule has 4 heteroatoms. The first-order valence-corrected chi connectivity index (χ1v) is 8.97. The van der Waals surface area contributed by atoms with Gasteiger partial charge in [0.05, 0.1) is 9.83 Å². The van der Waals surface area contributed by atoms with Gasteiger partial charge in [-0.25, -0.2) is 0 Å². The van der Waals surface area contributed by atoms with Crippen LogP contribution in [0, 0.1) is 0 Å². The molecule has 0 aliphatic carbocycles. The highest BCUT2D eigenvalue weighted by atomic mass is 79.9. The number of hydrogen-bond acceptors (Lipinski definition) is 3. The fourth-order valence-corrected chi connectivity index (χ4v) is 4.22. The molecule has 1 aromatic carbocycles. The number of thiophene rings is 1. The van der Waals surface area contributed by atoms with Crippen LogP contribution in [0.2, 0.25) is 0 Å². The molecule has 0 spiro atoms. The van der Waals surface area contributed by atoms with Gasteiger partial charge in [0.2, 0.25) is 0 Å². The zero-order valence-electron chi connectivity index (χ0n) is 12.6. The quantitative estimate of drug-likeness (QED) is 0.783. The van der Waals surface area contributed by atoms with Crippen molar-refractivity contribution >= 4 is 27.3 Å². The molecule has 2 nitrogen and oxygen atoms in total. The lowest BCUT2D eigenvalue weighted by molar-refractivity contribution is 0.215. The van der Waals surface area contributed by atoms with Crippen molar-refractivity contribution in [3.8, 4) is 0 Å². The van der Waals surface area contributed by atoms with E-state index in [0.29, 0.717) is 0 Å². The van der Waals surface area contributed by atoms with Crippen molar-refractivity contribution in [2.75, 3.05) is 13.6 Å². The first kappa shape index (κ1) is 16.7. The molecule has 2 aromatic rings. The highest BCUT2D eigenvalue weighted by Gasteiger charge is 2.24. The van der Waals surface area contributed by atoms with Gasteiger partial charge in [-0.15, -0.1) is 11.3 Å². The minimum atomic E-state index is 0.163. The molecule has 0 radical (unpaired) electrons. The average Bonchev–Trinajstić information content (AvgIpc) is 2.92. The number of nitrogens with zero attached hydrogens (tertiary/aromatic N) is 1. The van der Waals surface area contributed by atoms with Crippen LogP contribution in [-0.4, -0.2) is 24.5 Å². The fraction of sp³-hybridized carbons (Fsp3) is 0.412. The second-order valence-electron chi connectivity index (χ2n) is 5.38. The highest BCUT2D eigenvalue weighted by Crippen LogP contribution is 2.32. The predicted molar refractivity (Wildman–Crippen MR) is 95.8 cm³/mol. The lowest BCUT2D eigenvalue weighted by Crippen LogP contribution is -2.39. The maximum atomic E-state index is 6.38. The Kier molecular flexibility index (Phi) is 6.42. The molecule has 0 aliphatic rings. The topological polar surface area (TPSA) is 29.3 Å². The van der Waals surface area contributed by atoms with Crippen molar-refractivity contribution < 1.29 is 0 Å². The monoisotopic (exact) mass is 366 g/mol. The van der Waals surface area contributed by atoms with E-state index in [0.717, 1.165) is 19.4 Å². The van der Waals surface area contributed by atoms with Gasteiger partial charge in [0.15, 0.2) is 0 Å². The number of halogens is 1. The van der Waals surface area contributed by atoms with E-state index in [1.54, 1.807) is 11.3 Å². The number of hydrogen-bond donors (Lipinski definition) is 1. The molecule has 21 heavy (non-hydrogen) atoms. The van der Waals surface area contributed by atoms with E-state index in [1.165, 1.54) is 14.2 Å². The first-order valence-electron chi connectivity index (χ1n) is 7.36. The summed E-state index contributed by atoms with van der Waals surface area (Å²) < 4.78 is 1.17. The molecule has 1 aromatic heterocycles. The minimum absolute atomic E-state index is 0.163. The van der Waals surface area contributed by atoms with Crippen molar-refractivity contribution in [3.63, 3.8) is 0 Å². The van der Waals surface area contributed by atoms with Gasteiger partial charge in [-0.05, 0) is 53.5 Å². The molecule has 2 rings (SSSR count). The van der Waals surface area contributed by atoms with E-state index in [9.17, 15) is 0 Å². The Morgan fingerprint density at radius 2 is 1.90 bits per heavy atom. The van der Waals surface area contributed by atoms with Crippen molar-refractivity contribution in [1.29, 1.82) is 0 Å². The smallest absolute Gasteiger partial charge is 0.0702 e. The lowest BCUT2D eigenvalue weighted by Gasteiger charge is -2.31. The molecule has 0 aliphatic heterocycles. The normalized spacial score (nSPS) is 14.3. The Hall–Kier alpha value is -0.680. The molecule has 0 fully saturated rings. The summed E-state index contributed by atoms with van der Waals surface area (Å²) >= 11 is 5.34. The van der Waals surface area contributed by atoms with Gasteiger partial charge in [0.25, 0.3) is 0 Å². The van der Waals surface area contributed by atoms with E-state index >= 15 is 0 Å². The Labute approximate surface area is 140 Å². The molecule has 2 N–H and O–H groups in total. The maximum absolute atomic E-state index is 6.38. The van der Waals surface area contributed by atoms with Crippen LogP contribution >= 0.6 is 27.3 Å². The van der Waals surface area contributed by atoms with E-state index < -0.39 is 0 Å². The molecule has 2 unspecified atom stereocenters. The van der Waals surface area contributed by atoms with Gasteiger partial charge < -0.3 is 5.73 Å². The zero-order valence-corrected chi connectivity index (χ0v) is 15.0. The minimum Gasteiger partial charge on any atom is -0.326 e. The number of nitrogens with two attached hydrogens (primary N) is 1. The van der Waals surface area contributed by atoms with Gasteiger partial charge in [-0.3, -0.25) is 4.90 Å². The largest absolute Gasteiger partial charge is 0.326 e. The first-order chi connectivity index (χ1) is 10.1. The number of likely N-dealkylation sites (N-methyl/N-ethyl adjacent to an activating group) is 1. The van der Waals surface area contributed by atoms with Crippen LogP contribution in [0.5, 0.6) is 0 Å². The Morgan fingerprint density at radius 3 is 2.48 bits per heavy atom. The summed E-state index contributed by atoms with van der Waals surface area (Å²) in [5.74, 6) is 0. The second-order valence-corrected chi connectivity index (χ2v) is 7.87. The second kappa shape index (κ2) is 8.08. The number of rotatable bonds is 7. The van der Waals surface area contributed by atoms with Crippen LogP contribution in [-0.2, 0) is 6.42 Å². The van der Waals surface area contributed by atoms with E-state index in [4.69, 9.17) is 5.73 Å². The zero-order chi connectivity index (χ0) is 15.2. The SMILES string of the molecule is CCC(N)C(c1ccc(Br)s1)N(C)CCc1ccccc1. The van der Waals surface area contributed by atoms with Crippen molar-refractivity contribution in [3.05, 3.63) is 56.7 Å². The van der Waals surface area contributed by atoms with Gasteiger partial charge >= 0.3 is 0 Å². The molecule has 0 amide bonds. The van der Waals surface area contributed by atoms with Crippen LogP contribution in [0.15, 0.2) is 46.3 Å². The van der Waals surface area contributed by atoms with Gasteiger partial charge in [-0.2, -0.15) is 0 Å². The summed E-state index contributed by atoms with van der Waals surface area (Å²) in [4.78, 5) is 3.73. The van der Waals surface area contributed by atoms with Gasteiger partial charge in [0, 0.05) is 17.5 Å². The molecule has 1 heterocycles. The summed E-state index contributed by atoms with van der Waals surface area (Å²) in [5.41, 5.74) is 7.75. The third-order valence-electron chi connectivity index (χ3n) is 3.83. The molecular formula is C17H23BrN2S. The Bertz CT molecular complexity index is 541. The van der Waals surface area contributed by atoms with Gasteiger partial charge in [-0.1, -0.05) is 37.3 Å².